The van der Waals surface area contributed by atoms with Gasteiger partial charge in [0.25, 0.3) is 0 Å². The predicted molar refractivity (Wildman–Crippen MR) is 111 cm³/mol. The lowest BCUT2D eigenvalue weighted by Crippen LogP contribution is -2.18. The Morgan fingerprint density at radius 2 is 1.15 bits per heavy atom. The van der Waals surface area contributed by atoms with Gasteiger partial charge in [0.1, 0.15) is 11.5 Å². The smallest absolute Gasteiger partial charge is 0.123 e. The third kappa shape index (κ3) is 3.90. The molecule has 0 fully saturated rings. The predicted octanol–water partition coefficient (Wildman–Crippen LogP) is 6.21. The minimum Gasteiger partial charge on any atom is -0.507 e. The summed E-state index contributed by atoms with van der Waals surface area (Å²) in [5.41, 5.74) is 6.98. The molecule has 0 unspecified atom stereocenters. The third-order valence-corrected chi connectivity index (χ3v) is 5.35. The zero-order valence-corrected chi connectivity index (χ0v) is 17.8. The highest BCUT2D eigenvalue weighted by atomic mass is 16.3. The minimum atomic E-state index is -0.138. The van der Waals surface area contributed by atoms with Crippen LogP contribution in [0.4, 0.5) is 0 Å². The molecule has 0 amide bonds. The van der Waals surface area contributed by atoms with Gasteiger partial charge >= 0.3 is 0 Å². The molecule has 0 aromatic heterocycles. The van der Waals surface area contributed by atoms with E-state index < -0.39 is 0 Å². The lowest BCUT2D eigenvalue weighted by atomic mass is 9.77. The van der Waals surface area contributed by atoms with Gasteiger partial charge in [-0.25, -0.2) is 0 Å². The molecule has 26 heavy (non-hydrogen) atoms. The lowest BCUT2D eigenvalue weighted by Gasteiger charge is -2.28. The molecule has 2 aromatic carbocycles. The molecule has 0 saturated heterocycles. The van der Waals surface area contributed by atoms with Gasteiger partial charge in [-0.1, -0.05) is 59.7 Å². The maximum atomic E-state index is 10.9. The quantitative estimate of drug-likeness (QED) is 0.673. The van der Waals surface area contributed by atoms with Crippen molar-refractivity contribution in [3.05, 3.63) is 57.1 Å². The van der Waals surface area contributed by atoms with Crippen LogP contribution >= 0.6 is 0 Å². The Hall–Kier alpha value is -1.96. The van der Waals surface area contributed by atoms with Gasteiger partial charge in [-0.05, 0) is 77.0 Å². The Morgan fingerprint density at radius 3 is 1.58 bits per heavy atom. The molecular formula is C24H34O2. The zero-order chi connectivity index (χ0) is 20.0. The monoisotopic (exact) mass is 354 g/mol. The van der Waals surface area contributed by atoms with Crippen molar-refractivity contribution in [3.8, 4) is 11.5 Å². The van der Waals surface area contributed by atoms with E-state index in [1.165, 1.54) is 5.56 Å². The Labute approximate surface area is 158 Å². The number of hydrogen-bond acceptors (Lipinski definition) is 2. The van der Waals surface area contributed by atoms with E-state index in [2.05, 4.69) is 59.7 Å². The Morgan fingerprint density at radius 1 is 0.692 bits per heavy atom. The molecule has 0 saturated carbocycles. The van der Waals surface area contributed by atoms with Crippen molar-refractivity contribution >= 4 is 0 Å². The zero-order valence-electron chi connectivity index (χ0n) is 17.8. The number of aromatic hydroxyl groups is 2. The van der Waals surface area contributed by atoms with Crippen molar-refractivity contribution in [2.24, 2.45) is 0 Å². The first-order valence-corrected chi connectivity index (χ1v) is 9.39. The molecule has 142 valence electrons. The summed E-state index contributed by atoms with van der Waals surface area (Å²) in [4.78, 5) is 0. The fourth-order valence-corrected chi connectivity index (χ4v) is 3.44. The largest absolute Gasteiger partial charge is 0.507 e. The van der Waals surface area contributed by atoms with Crippen molar-refractivity contribution in [3.63, 3.8) is 0 Å². The van der Waals surface area contributed by atoms with Crippen LogP contribution in [0.1, 0.15) is 80.5 Å². The average Bonchev–Trinajstić information content (AvgIpc) is 2.49. The molecular weight excluding hydrogens is 320 g/mol. The second kappa shape index (κ2) is 6.64. The lowest BCUT2D eigenvalue weighted by molar-refractivity contribution is 0.422. The van der Waals surface area contributed by atoms with Crippen LogP contribution in [0.15, 0.2) is 18.2 Å². The van der Waals surface area contributed by atoms with Gasteiger partial charge in [-0.15, -0.1) is 0 Å². The molecule has 2 nitrogen and oxygen atoms in total. The topological polar surface area (TPSA) is 40.5 Å². The molecule has 0 radical (unpaired) electrons. The standard InChI is InChI=1S/C24H34O2/c1-14-10-18(16(3)21(25)15(14)2)11-17-12-19(23(4,5)6)22(26)20(13-17)24(7,8)9/h10,12-13,25-26H,11H2,1-9H3. The van der Waals surface area contributed by atoms with Gasteiger partial charge < -0.3 is 10.2 Å². The number of hydrogen-bond donors (Lipinski definition) is 2. The van der Waals surface area contributed by atoms with Crippen LogP contribution in [0.3, 0.4) is 0 Å². The number of phenolic OH excluding ortho intramolecular Hbond substituents is 2. The summed E-state index contributed by atoms with van der Waals surface area (Å²) in [7, 11) is 0. The van der Waals surface area contributed by atoms with Gasteiger partial charge in [0, 0.05) is 0 Å². The van der Waals surface area contributed by atoms with Crippen LogP contribution in [0.5, 0.6) is 11.5 Å². The Bertz CT molecular complexity index is 796. The summed E-state index contributed by atoms with van der Waals surface area (Å²) in [6.45, 7) is 18.8. The van der Waals surface area contributed by atoms with Crippen molar-refractivity contribution in [2.45, 2.75) is 79.6 Å². The van der Waals surface area contributed by atoms with Crippen LogP contribution in [-0.4, -0.2) is 10.2 Å². The Kier molecular flexibility index (Phi) is 5.20. The second-order valence-corrected chi connectivity index (χ2v) is 9.67. The highest BCUT2D eigenvalue weighted by Gasteiger charge is 2.26. The molecule has 0 heterocycles. The van der Waals surface area contributed by atoms with E-state index in [1.54, 1.807) is 0 Å². The van der Waals surface area contributed by atoms with Gasteiger partial charge in [0.15, 0.2) is 0 Å². The maximum absolute atomic E-state index is 10.9. The molecule has 2 N–H and O–H groups in total. The number of phenols is 2. The summed E-state index contributed by atoms with van der Waals surface area (Å²) in [6.07, 6.45) is 0.743. The van der Waals surface area contributed by atoms with Crippen molar-refractivity contribution in [1.82, 2.24) is 0 Å². The van der Waals surface area contributed by atoms with Crippen LogP contribution in [0.25, 0.3) is 0 Å². The highest BCUT2D eigenvalue weighted by molar-refractivity contribution is 5.53. The van der Waals surface area contributed by atoms with Gasteiger partial charge in [-0.3, -0.25) is 0 Å². The first-order valence-electron chi connectivity index (χ1n) is 9.39. The molecule has 0 aliphatic heterocycles. The fourth-order valence-electron chi connectivity index (χ4n) is 3.44. The second-order valence-electron chi connectivity index (χ2n) is 9.67. The molecule has 0 bridgehead atoms. The van der Waals surface area contributed by atoms with E-state index in [1.807, 2.05) is 20.8 Å². The molecule has 0 aliphatic carbocycles. The summed E-state index contributed by atoms with van der Waals surface area (Å²) in [5, 5.41) is 21.3. The average molecular weight is 355 g/mol. The van der Waals surface area contributed by atoms with Crippen LogP contribution in [0, 0.1) is 20.8 Å². The first-order chi connectivity index (χ1) is 11.7. The summed E-state index contributed by atoms with van der Waals surface area (Å²) >= 11 is 0. The van der Waals surface area contributed by atoms with Crippen LogP contribution in [-0.2, 0) is 17.3 Å². The Balaban J connectivity index is 2.65. The van der Waals surface area contributed by atoms with E-state index in [9.17, 15) is 10.2 Å². The fraction of sp³-hybridized carbons (Fsp3) is 0.500. The summed E-state index contributed by atoms with van der Waals surface area (Å²) < 4.78 is 0. The van der Waals surface area contributed by atoms with Crippen molar-refractivity contribution in [2.75, 3.05) is 0 Å². The number of aryl methyl sites for hydroxylation is 1. The van der Waals surface area contributed by atoms with Crippen molar-refractivity contribution in [1.29, 1.82) is 0 Å². The number of benzene rings is 2. The molecule has 2 rings (SSSR count). The normalized spacial score (nSPS) is 12.5. The molecule has 2 aromatic rings. The summed E-state index contributed by atoms with van der Waals surface area (Å²) in [6, 6.07) is 6.41. The van der Waals surface area contributed by atoms with E-state index in [0.29, 0.717) is 11.5 Å². The van der Waals surface area contributed by atoms with Crippen LogP contribution < -0.4 is 0 Å². The molecule has 0 aliphatic rings. The van der Waals surface area contributed by atoms with E-state index >= 15 is 0 Å². The molecule has 0 atom stereocenters. The molecule has 2 heteroatoms. The van der Waals surface area contributed by atoms with E-state index in [0.717, 1.165) is 39.8 Å². The summed E-state index contributed by atoms with van der Waals surface area (Å²) in [5.74, 6) is 0.805. The number of rotatable bonds is 2. The molecule has 0 spiro atoms. The maximum Gasteiger partial charge on any atom is 0.123 e. The van der Waals surface area contributed by atoms with Crippen molar-refractivity contribution < 1.29 is 10.2 Å². The van der Waals surface area contributed by atoms with Gasteiger partial charge in [0.2, 0.25) is 0 Å². The van der Waals surface area contributed by atoms with E-state index in [4.69, 9.17) is 0 Å². The van der Waals surface area contributed by atoms with Gasteiger partial charge in [0.05, 0.1) is 0 Å². The minimum absolute atomic E-state index is 0.138. The van der Waals surface area contributed by atoms with E-state index in [-0.39, 0.29) is 10.8 Å². The SMILES string of the molecule is Cc1cc(Cc2cc(C(C)(C)C)c(O)c(C(C)(C)C)c2)c(C)c(O)c1C. The van der Waals surface area contributed by atoms with Gasteiger partial charge in [-0.2, -0.15) is 0 Å². The third-order valence-electron chi connectivity index (χ3n) is 5.35. The highest BCUT2D eigenvalue weighted by Crippen LogP contribution is 2.40. The van der Waals surface area contributed by atoms with Crippen LogP contribution in [0.2, 0.25) is 0 Å². The first kappa shape index (κ1) is 20.4.